The third kappa shape index (κ3) is 6.14. The van der Waals surface area contributed by atoms with Gasteiger partial charge in [-0.3, -0.25) is 19.4 Å². The van der Waals surface area contributed by atoms with Crippen LogP contribution in [0.25, 0.3) is 0 Å². The maximum absolute atomic E-state index is 14.6. The number of nitrogens with zero attached hydrogens (tertiary/aromatic N) is 7. The van der Waals surface area contributed by atoms with Gasteiger partial charge in [0.2, 0.25) is 5.91 Å². The number of nitrogens with one attached hydrogen (secondary N) is 1. The molecule has 1 aliphatic carbocycles. The molecular weight excluding hydrogens is 597 g/mol. The van der Waals surface area contributed by atoms with Gasteiger partial charge in [0.25, 0.3) is 5.91 Å². The molecule has 1 N–H and O–H groups in total. The van der Waals surface area contributed by atoms with E-state index in [4.69, 9.17) is 0 Å². The second-order valence-corrected chi connectivity index (χ2v) is 13.6. The molecule has 10 nitrogen and oxygen atoms in total. The molecule has 46 heavy (non-hydrogen) atoms. The fraction of sp³-hybridized carbons (Fsp3) is 0.545. The van der Waals surface area contributed by atoms with Gasteiger partial charge in [-0.15, -0.1) is 10.2 Å². The number of hydrogen-bond donors (Lipinski definition) is 1. The largest absolute Gasteiger partial charge is 0.416 e. The van der Waals surface area contributed by atoms with E-state index in [-0.39, 0.29) is 46.7 Å². The number of amides is 2. The van der Waals surface area contributed by atoms with E-state index in [1.54, 1.807) is 24.5 Å². The molecule has 3 aromatic rings. The highest BCUT2D eigenvalue weighted by molar-refractivity contribution is 6.10. The van der Waals surface area contributed by atoms with Crippen molar-refractivity contribution in [3.8, 4) is 0 Å². The summed E-state index contributed by atoms with van der Waals surface area (Å²) >= 11 is 0. The van der Waals surface area contributed by atoms with Crippen LogP contribution in [0, 0.1) is 5.92 Å². The van der Waals surface area contributed by atoms with E-state index in [0.29, 0.717) is 24.4 Å². The number of rotatable bonds is 8. The van der Waals surface area contributed by atoms with Crippen molar-refractivity contribution in [2.24, 2.45) is 13.0 Å². The third-order valence-electron chi connectivity index (χ3n) is 9.92. The Kier molecular flexibility index (Phi) is 8.43. The number of aromatic nitrogens is 4. The van der Waals surface area contributed by atoms with Crippen LogP contribution in [0.2, 0.25) is 0 Å². The number of anilines is 2. The maximum atomic E-state index is 14.6. The highest BCUT2D eigenvalue weighted by Crippen LogP contribution is 2.48. The topological polar surface area (TPSA) is 99.5 Å². The lowest BCUT2D eigenvalue weighted by Crippen LogP contribution is -2.53. The summed E-state index contributed by atoms with van der Waals surface area (Å²) in [6.45, 7) is 8.06. The lowest BCUT2D eigenvalue weighted by Gasteiger charge is -2.42. The molecule has 6 rings (SSSR count). The molecular formula is C33H41F3N8O2. The number of hydrogen-bond acceptors (Lipinski definition) is 7. The van der Waals surface area contributed by atoms with E-state index >= 15 is 0 Å². The molecule has 2 fully saturated rings. The van der Waals surface area contributed by atoms with Crippen LogP contribution in [0.1, 0.15) is 78.5 Å². The number of carbonyl (C=O) groups excluding carboxylic acids is 2. The van der Waals surface area contributed by atoms with Crippen LogP contribution >= 0.6 is 0 Å². The van der Waals surface area contributed by atoms with E-state index in [2.05, 4.69) is 51.2 Å². The Balaban J connectivity index is 1.37. The molecule has 0 bridgehead atoms. The van der Waals surface area contributed by atoms with Gasteiger partial charge in [-0.1, -0.05) is 20.3 Å². The van der Waals surface area contributed by atoms with Crippen LogP contribution in [0.4, 0.5) is 24.8 Å². The molecule has 0 radical (unpaired) electrons. The molecule has 0 spiro atoms. The number of aryl methyl sites for hydroxylation is 1. The van der Waals surface area contributed by atoms with Gasteiger partial charge in [0.05, 0.1) is 12.1 Å². The Bertz CT molecular complexity index is 1650. The highest BCUT2D eigenvalue weighted by atomic mass is 19.4. The standard InChI is InChI=1S/C33H41F3N8O2/c1-20(2)27-18-41(4)9-10-43(27)16-22-11-24-25(26(12-22)33(34,35)36)17-44(31(24)46)29-14-23(13-28(39-29)38-21(3)45)32(7-6-8-32)15-30-40-37-19-42(30)5/h11-14,19-20,27H,6-10,15-18H2,1-5H3,(H,38,39,45)/t27-/m1/s1. The molecule has 1 atom stereocenters. The van der Waals surface area contributed by atoms with Gasteiger partial charge in [-0.2, -0.15) is 13.2 Å². The van der Waals surface area contributed by atoms with Crippen molar-refractivity contribution in [3.63, 3.8) is 0 Å². The normalized spacial score (nSPS) is 20.2. The van der Waals surface area contributed by atoms with E-state index < -0.39 is 17.6 Å². The fourth-order valence-corrected chi connectivity index (χ4v) is 7.20. The van der Waals surface area contributed by atoms with Crippen LogP contribution < -0.4 is 10.2 Å². The zero-order valence-corrected chi connectivity index (χ0v) is 27.0. The van der Waals surface area contributed by atoms with Crippen molar-refractivity contribution < 1.29 is 22.8 Å². The molecule has 2 amide bonds. The van der Waals surface area contributed by atoms with Crippen LogP contribution in [0.3, 0.4) is 0 Å². The summed E-state index contributed by atoms with van der Waals surface area (Å²) in [6.07, 6.45) is 0.276. The van der Waals surface area contributed by atoms with Gasteiger partial charge < -0.3 is 14.8 Å². The summed E-state index contributed by atoms with van der Waals surface area (Å²) < 4.78 is 45.6. The first kappa shape index (κ1) is 32.1. The molecule has 2 aliphatic heterocycles. The molecule has 13 heteroatoms. The number of fused-ring (bicyclic) bond motifs is 1. The molecule has 2 aromatic heterocycles. The molecule has 246 valence electrons. The van der Waals surface area contributed by atoms with Crippen molar-refractivity contribution in [2.75, 3.05) is 36.9 Å². The molecule has 4 heterocycles. The maximum Gasteiger partial charge on any atom is 0.416 e. The van der Waals surface area contributed by atoms with Gasteiger partial charge in [-0.05, 0) is 66.8 Å². The van der Waals surface area contributed by atoms with Crippen LogP contribution in [-0.4, -0.2) is 74.1 Å². The number of piperazine rings is 1. The Morgan fingerprint density at radius 2 is 1.89 bits per heavy atom. The minimum atomic E-state index is -4.64. The monoisotopic (exact) mass is 638 g/mol. The van der Waals surface area contributed by atoms with Crippen LogP contribution in [0.15, 0.2) is 30.6 Å². The van der Waals surface area contributed by atoms with Crippen molar-refractivity contribution >= 4 is 23.5 Å². The number of alkyl halides is 3. The molecule has 3 aliphatic rings. The van der Waals surface area contributed by atoms with Crippen LogP contribution in [0.5, 0.6) is 0 Å². The Hall–Kier alpha value is -3.84. The summed E-state index contributed by atoms with van der Waals surface area (Å²) in [4.78, 5) is 36.4. The first-order valence-electron chi connectivity index (χ1n) is 15.8. The summed E-state index contributed by atoms with van der Waals surface area (Å²) in [6, 6.07) is 6.61. The minimum Gasteiger partial charge on any atom is -0.321 e. The van der Waals surface area contributed by atoms with Gasteiger partial charge in [0.15, 0.2) is 0 Å². The zero-order valence-electron chi connectivity index (χ0n) is 27.0. The van der Waals surface area contributed by atoms with E-state index in [9.17, 15) is 22.8 Å². The molecule has 0 unspecified atom stereocenters. The molecule has 1 aromatic carbocycles. The summed E-state index contributed by atoms with van der Waals surface area (Å²) in [5.41, 5.74) is 0.194. The first-order valence-corrected chi connectivity index (χ1v) is 15.8. The van der Waals surface area contributed by atoms with E-state index in [0.717, 1.165) is 50.3 Å². The quantitative estimate of drug-likeness (QED) is 0.379. The number of carbonyl (C=O) groups is 2. The Morgan fingerprint density at radius 1 is 1.13 bits per heavy atom. The Morgan fingerprint density at radius 3 is 2.50 bits per heavy atom. The van der Waals surface area contributed by atoms with Crippen molar-refractivity contribution in [2.45, 2.75) is 77.2 Å². The predicted octanol–water partition coefficient (Wildman–Crippen LogP) is 4.78. The predicted molar refractivity (Wildman–Crippen MR) is 167 cm³/mol. The summed E-state index contributed by atoms with van der Waals surface area (Å²) in [5.74, 6) is 0.705. The number of halogens is 3. The Labute approximate surface area is 267 Å². The number of likely N-dealkylation sites (N-methyl/N-ethyl adjacent to an activating group) is 1. The summed E-state index contributed by atoms with van der Waals surface area (Å²) in [5, 5.41) is 11.0. The first-order chi connectivity index (χ1) is 21.7. The van der Waals surface area contributed by atoms with Gasteiger partial charge in [0.1, 0.15) is 23.8 Å². The van der Waals surface area contributed by atoms with Crippen molar-refractivity contribution in [3.05, 3.63) is 64.2 Å². The average molecular weight is 639 g/mol. The number of pyridine rings is 1. The van der Waals surface area contributed by atoms with Gasteiger partial charge >= 0.3 is 6.18 Å². The highest BCUT2D eigenvalue weighted by Gasteiger charge is 2.44. The lowest BCUT2D eigenvalue weighted by molar-refractivity contribution is -0.138. The fourth-order valence-electron chi connectivity index (χ4n) is 7.20. The SMILES string of the molecule is CC(=O)Nc1cc(C2(Cc3nncn3C)CCC2)cc(N2Cc3c(cc(CN4CCN(C)C[C@@H]4C(C)C)cc3C(F)(F)F)C2=O)n1. The van der Waals surface area contributed by atoms with E-state index in [1.165, 1.54) is 17.9 Å². The molecule has 1 saturated carbocycles. The number of benzene rings is 1. The average Bonchev–Trinajstić information content (AvgIpc) is 3.52. The van der Waals surface area contributed by atoms with Crippen LogP contribution in [-0.2, 0) is 42.9 Å². The minimum absolute atomic E-state index is 0.0470. The second kappa shape index (κ2) is 12.1. The smallest absolute Gasteiger partial charge is 0.321 e. The van der Waals surface area contributed by atoms with Gasteiger partial charge in [-0.25, -0.2) is 4.98 Å². The van der Waals surface area contributed by atoms with Crippen molar-refractivity contribution in [1.82, 2.24) is 29.5 Å². The lowest BCUT2D eigenvalue weighted by atomic mass is 9.62. The third-order valence-corrected chi connectivity index (χ3v) is 9.92. The second-order valence-electron chi connectivity index (χ2n) is 13.6. The summed E-state index contributed by atoms with van der Waals surface area (Å²) in [7, 11) is 3.93. The van der Waals surface area contributed by atoms with E-state index in [1.807, 2.05) is 11.6 Å². The van der Waals surface area contributed by atoms with Gasteiger partial charge in [0, 0.05) is 63.6 Å². The zero-order chi connectivity index (χ0) is 33.0. The molecule has 1 saturated heterocycles. The van der Waals surface area contributed by atoms with Crippen molar-refractivity contribution in [1.29, 1.82) is 0 Å².